The van der Waals surface area contributed by atoms with Crippen molar-refractivity contribution in [1.82, 2.24) is 19.6 Å². The molecule has 2 aromatic heterocycles. The molecule has 2 aromatic carbocycles. The van der Waals surface area contributed by atoms with Crippen LogP contribution in [0.3, 0.4) is 0 Å². The number of amides is 3. The SMILES string of the molecule is CN(Cc1ccc(-n2cccn2)cc1)C(=O)CC1(c2ccccc2)CC(=O)N(Cc2cccs2)C1=O. The minimum absolute atomic E-state index is 0.0145. The van der Waals surface area contributed by atoms with E-state index in [0.717, 1.165) is 16.1 Å². The normalized spacial score (nSPS) is 17.5. The zero-order valence-electron chi connectivity index (χ0n) is 19.9. The molecule has 3 amide bonds. The first-order valence-corrected chi connectivity index (χ1v) is 12.6. The van der Waals surface area contributed by atoms with Crippen LogP contribution in [-0.2, 0) is 32.9 Å². The van der Waals surface area contributed by atoms with E-state index in [1.807, 2.05) is 84.4 Å². The molecule has 1 aliphatic heterocycles. The van der Waals surface area contributed by atoms with Gasteiger partial charge in [0.25, 0.3) is 0 Å². The number of carbonyl (C=O) groups is 3. The average molecular weight is 499 g/mol. The molecule has 0 spiro atoms. The number of likely N-dealkylation sites (tertiary alicyclic amines) is 1. The Hall–Kier alpha value is -4.04. The summed E-state index contributed by atoms with van der Waals surface area (Å²) >= 11 is 1.50. The molecular weight excluding hydrogens is 472 g/mol. The number of thiophene rings is 1. The first-order valence-electron chi connectivity index (χ1n) is 11.7. The third-order valence-corrected chi connectivity index (χ3v) is 7.49. The molecule has 36 heavy (non-hydrogen) atoms. The van der Waals surface area contributed by atoms with Gasteiger partial charge in [-0.25, -0.2) is 4.68 Å². The van der Waals surface area contributed by atoms with Gasteiger partial charge in [0.2, 0.25) is 17.7 Å². The Bertz CT molecular complexity index is 1350. The van der Waals surface area contributed by atoms with Gasteiger partial charge in [-0.05, 0) is 40.8 Å². The van der Waals surface area contributed by atoms with E-state index >= 15 is 0 Å². The number of benzene rings is 2. The number of carbonyl (C=O) groups excluding carboxylic acids is 3. The summed E-state index contributed by atoms with van der Waals surface area (Å²) in [6.07, 6.45) is 3.51. The second-order valence-corrected chi connectivity index (χ2v) is 10.1. The molecule has 1 unspecified atom stereocenters. The summed E-state index contributed by atoms with van der Waals surface area (Å²) in [5.41, 5.74) is 1.39. The number of imide groups is 1. The van der Waals surface area contributed by atoms with E-state index in [2.05, 4.69) is 5.10 Å². The van der Waals surface area contributed by atoms with Crippen LogP contribution in [0.15, 0.2) is 90.6 Å². The van der Waals surface area contributed by atoms with Gasteiger partial charge in [-0.15, -0.1) is 11.3 Å². The Labute approximate surface area is 213 Å². The largest absolute Gasteiger partial charge is 0.341 e. The van der Waals surface area contributed by atoms with Crippen molar-refractivity contribution in [1.29, 1.82) is 0 Å². The smallest absolute Gasteiger partial charge is 0.241 e. The summed E-state index contributed by atoms with van der Waals surface area (Å²) in [5.74, 6) is -0.742. The molecule has 1 fully saturated rings. The third-order valence-electron chi connectivity index (χ3n) is 6.63. The molecule has 0 N–H and O–H groups in total. The lowest BCUT2D eigenvalue weighted by molar-refractivity contribution is -0.143. The molecule has 4 aromatic rings. The molecule has 0 aliphatic carbocycles. The molecule has 7 nitrogen and oxygen atoms in total. The van der Waals surface area contributed by atoms with Gasteiger partial charge in [-0.1, -0.05) is 48.5 Å². The van der Waals surface area contributed by atoms with E-state index in [1.165, 1.54) is 16.2 Å². The maximum absolute atomic E-state index is 13.8. The Morgan fingerprint density at radius 3 is 2.47 bits per heavy atom. The van der Waals surface area contributed by atoms with Crippen LogP contribution in [0, 0.1) is 0 Å². The lowest BCUT2D eigenvalue weighted by Gasteiger charge is -2.29. The van der Waals surface area contributed by atoms with E-state index < -0.39 is 5.41 Å². The van der Waals surface area contributed by atoms with Gasteiger partial charge in [-0.2, -0.15) is 5.10 Å². The fourth-order valence-electron chi connectivity index (χ4n) is 4.67. The van der Waals surface area contributed by atoms with Crippen molar-refractivity contribution in [3.8, 4) is 5.69 Å². The van der Waals surface area contributed by atoms with Crippen molar-refractivity contribution in [2.24, 2.45) is 0 Å². The Kier molecular flexibility index (Phi) is 6.52. The van der Waals surface area contributed by atoms with Gasteiger partial charge >= 0.3 is 0 Å². The first-order chi connectivity index (χ1) is 17.5. The van der Waals surface area contributed by atoms with Gasteiger partial charge in [0.1, 0.15) is 0 Å². The van der Waals surface area contributed by atoms with Crippen molar-refractivity contribution >= 4 is 29.1 Å². The minimum atomic E-state index is -1.20. The topological polar surface area (TPSA) is 75.5 Å². The molecule has 0 radical (unpaired) electrons. The van der Waals surface area contributed by atoms with Crippen LogP contribution in [0.2, 0.25) is 0 Å². The monoisotopic (exact) mass is 498 g/mol. The molecule has 3 heterocycles. The third kappa shape index (κ3) is 4.59. The lowest BCUT2D eigenvalue weighted by Crippen LogP contribution is -2.42. The van der Waals surface area contributed by atoms with Gasteiger partial charge in [0.05, 0.1) is 17.6 Å². The maximum Gasteiger partial charge on any atom is 0.241 e. The molecular formula is C28H26N4O3S. The zero-order valence-corrected chi connectivity index (χ0v) is 20.7. The van der Waals surface area contributed by atoms with Gasteiger partial charge in [0, 0.05) is 43.7 Å². The highest BCUT2D eigenvalue weighted by Gasteiger charge is 2.53. The van der Waals surface area contributed by atoms with Gasteiger partial charge in [0.15, 0.2) is 0 Å². The zero-order chi connectivity index (χ0) is 25.1. The molecule has 1 aliphatic rings. The predicted molar refractivity (Wildman–Crippen MR) is 137 cm³/mol. The lowest BCUT2D eigenvalue weighted by atomic mass is 9.75. The number of hydrogen-bond acceptors (Lipinski definition) is 5. The van der Waals surface area contributed by atoms with Crippen LogP contribution >= 0.6 is 11.3 Å². The van der Waals surface area contributed by atoms with E-state index in [1.54, 1.807) is 22.8 Å². The number of hydrogen-bond donors (Lipinski definition) is 0. The highest BCUT2D eigenvalue weighted by Crippen LogP contribution is 2.41. The summed E-state index contributed by atoms with van der Waals surface area (Å²) in [5, 5.41) is 6.15. The van der Waals surface area contributed by atoms with Crippen molar-refractivity contribution < 1.29 is 14.4 Å². The fraction of sp³-hybridized carbons (Fsp3) is 0.214. The van der Waals surface area contributed by atoms with Crippen LogP contribution < -0.4 is 0 Å². The number of rotatable bonds is 8. The van der Waals surface area contributed by atoms with Crippen LogP contribution in [-0.4, -0.2) is 44.3 Å². The van der Waals surface area contributed by atoms with Crippen molar-refractivity contribution in [2.45, 2.75) is 31.3 Å². The molecule has 182 valence electrons. The highest BCUT2D eigenvalue weighted by molar-refractivity contribution is 7.09. The summed E-state index contributed by atoms with van der Waals surface area (Å²) in [7, 11) is 1.73. The molecule has 1 atom stereocenters. The van der Waals surface area contributed by atoms with Crippen LogP contribution in [0.5, 0.6) is 0 Å². The van der Waals surface area contributed by atoms with Crippen LogP contribution in [0.25, 0.3) is 5.69 Å². The van der Waals surface area contributed by atoms with Crippen molar-refractivity contribution in [3.63, 3.8) is 0 Å². The standard InChI is InChI=1S/C28H26N4O3S/c1-30(19-21-10-12-23(13-11-21)32-15-6-14-29-32)25(33)17-28(22-7-3-2-4-8-22)18-26(34)31(27(28)35)20-24-9-5-16-36-24/h2-16H,17-20H2,1H3. The molecule has 8 heteroatoms. The summed E-state index contributed by atoms with van der Waals surface area (Å²) < 4.78 is 1.77. The number of aromatic nitrogens is 2. The van der Waals surface area contributed by atoms with Crippen LogP contribution in [0.4, 0.5) is 0 Å². The number of nitrogens with zero attached hydrogens (tertiary/aromatic N) is 4. The van der Waals surface area contributed by atoms with Gasteiger partial charge < -0.3 is 4.90 Å². The van der Waals surface area contributed by atoms with Crippen LogP contribution in [0.1, 0.15) is 28.8 Å². The van der Waals surface area contributed by atoms with E-state index in [4.69, 9.17) is 0 Å². The summed E-state index contributed by atoms with van der Waals surface area (Å²) in [6.45, 7) is 0.626. The Balaban J connectivity index is 1.35. The molecule has 1 saturated heterocycles. The fourth-order valence-corrected chi connectivity index (χ4v) is 5.37. The predicted octanol–water partition coefficient (Wildman–Crippen LogP) is 4.18. The van der Waals surface area contributed by atoms with E-state index in [-0.39, 0.29) is 37.1 Å². The summed E-state index contributed by atoms with van der Waals surface area (Å²) in [4.78, 5) is 44.1. The molecule has 0 bridgehead atoms. The van der Waals surface area contributed by atoms with Crippen molar-refractivity contribution in [3.05, 3.63) is 107 Å². The second-order valence-electron chi connectivity index (χ2n) is 9.03. The second kappa shape index (κ2) is 9.91. The quantitative estimate of drug-likeness (QED) is 0.342. The van der Waals surface area contributed by atoms with E-state index in [0.29, 0.717) is 12.1 Å². The molecule has 5 rings (SSSR count). The van der Waals surface area contributed by atoms with Crippen molar-refractivity contribution in [2.75, 3.05) is 7.05 Å². The first kappa shape index (κ1) is 23.7. The Morgan fingerprint density at radius 2 is 1.81 bits per heavy atom. The van der Waals surface area contributed by atoms with E-state index in [9.17, 15) is 14.4 Å². The van der Waals surface area contributed by atoms with Gasteiger partial charge in [-0.3, -0.25) is 19.3 Å². The summed E-state index contributed by atoms with van der Waals surface area (Å²) in [6, 6.07) is 22.7. The highest BCUT2D eigenvalue weighted by atomic mass is 32.1. The maximum atomic E-state index is 13.8. The average Bonchev–Trinajstić information content (AvgIpc) is 3.65. The molecule has 0 saturated carbocycles. The minimum Gasteiger partial charge on any atom is -0.341 e. The Morgan fingerprint density at radius 1 is 1.03 bits per heavy atom.